The van der Waals surface area contributed by atoms with E-state index < -0.39 is 0 Å². The first-order valence-electron chi connectivity index (χ1n) is 51.0. The summed E-state index contributed by atoms with van der Waals surface area (Å²) >= 11 is 1.41. The Labute approximate surface area is 870 Å². The van der Waals surface area contributed by atoms with Crippen LogP contribution >= 0.6 is 11.3 Å². The predicted octanol–water partition coefficient (Wildman–Crippen LogP) is 19.3. The van der Waals surface area contributed by atoms with Gasteiger partial charge in [-0.1, -0.05) is 75.4 Å². The molecule has 7 amide bonds. The number of amides is 7. The van der Waals surface area contributed by atoms with Gasteiger partial charge in [0.1, 0.15) is 127 Å². The lowest BCUT2D eigenvalue weighted by atomic mass is 9.91. The number of rotatable bonds is 30. The van der Waals surface area contributed by atoms with Gasteiger partial charge in [0.15, 0.2) is 0 Å². The van der Waals surface area contributed by atoms with Crippen LogP contribution in [0.2, 0.25) is 0 Å². The molecule has 1 aromatic heterocycles. The SMILES string of the molecule is CCC(=O)N1CCOCC1COc1cccc(O)c1C.CCNC(=O)C1=C(COc2cccc(O)c2C)COCC1.CCOC(=O)N1CCCC1COc1cccc(O)c1C.Cc1c(O)cccc1OCC1=C(C(=O)N(C)C(C)C)CCCC1.Cc1c(O)cccc1OCC1=C(C(=O)N2CCCC2)CC=C1.Cc1c(O)cccc1OCC1CCCCN1C(=O)C(C)C.Cc1c(O)cccc1OCc1ccsc1C(=O)N(C)C. The van der Waals surface area contributed by atoms with Gasteiger partial charge in [-0.25, -0.2) is 4.79 Å². The fraction of sp³-hybridized carbons (Fsp3) is 0.470. The molecule has 4 fully saturated rings. The lowest BCUT2D eigenvalue weighted by Gasteiger charge is -2.36. The maximum Gasteiger partial charge on any atom is 0.410 e. The fourth-order valence-electron chi connectivity index (χ4n) is 17.1. The highest BCUT2D eigenvalue weighted by Gasteiger charge is 2.34. The third-order valence-corrected chi connectivity index (χ3v) is 27.5. The Morgan fingerprint density at radius 3 is 1.36 bits per heavy atom. The number of aromatic hydroxyl groups is 7. The zero-order valence-corrected chi connectivity index (χ0v) is 89.4. The molecule has 798 valence electrons. The van der Waals surface area contributed by atoms with Crippen molar-refractivity contribution in [2.24, 2.45) is 5.92 Å². The minimum absolute atomic E-state index is 0.0214. The van der Waals surface area contributed by atoms with Crippen molar-refractivity contribution in [1.82, 2.24) is 34.7 Å². The Kier molecular flexibility index (Phi) is 47.2. The van der Waals surface area contributed by atoms with Gasteiger partial charge in [-0.2, -0.15) is 0 Å². The molecular weight excluding hydrogens is 1900 g/mol. The second-order valence-corrected chi connectivity index (χ2v) is 38.6. The van der Waals surface area contributed by atoms with Crippen molar-refractivity contribution in [1.29, 1.82) is 0 Å². The second kappa shape index (κ2) is 59.3. The lowest BCUT2D eigenvalue weighted by Crippen LogP contribution is -2.51. The van der Waals surface area contributed by atoms with Crippen molar-refractivity contribution < 1.29 is 117 Å². The molecule has 7 aromatic carbocycles. The number of morpholine rings is 1. The molecule has 3 unspecified atom stereocenters. The highest BCUT2D eigenvalue weighted by molar-refractivity contribution is 7.12. The van der Waals surface area contributed by atoms with Gasteiger partial charge < -0.3 is 118 Å². The monoisotopic (exact) mass is 2050 g/mol. The van der Waals surface area contributed by atoms with Crippen LogP contribution in [-0.4, -0.2) is 264 Å². The Balaban J connectivity index is 0.000000191. The first-order chi connectivity index (χ1) is 70.5. The largest absolute Gasteiger partial charge is 0.508 e. The number of ether oxygens (including phenoxy) is 10. The average molecular weight is 2050 g/mol. The van der Waals surface area contributed by atoms with E-state index in [-0.39, 0.29) is 118 Å². The van der Waals surface area contributed by atoms with Crippen LogP contribution in [0.1, 0.15) is 193 Å². The number of nitrogens with zero attached hydrogens (tertiary/aromatic N) is 6. The third-order valence-electron chi connectivity index (χ3n) is 26.6. The number of carbonyl (C=O) groups is 7. The van der Waals surface area contributed by atoms with Crippen molar-refractivity contribution in [2.75, 3.05) is 133 Å². The smallest absolute Gasteiger partial charge is 0.410 e. The second-order valence-electron chi connectivity index (χ2n) is 37.7. The number of likely N-dealkylation sites (tertiary alicyclic amines) is 3. The molecule has 0 radical (unpaired) electrons. The van der Waals surface area contributed by atoms with E-state index in [1.54, 1.807) is 154 Å². The molecule has 15 rings (SSSR count). The summed E-state index contributed by atoms with van der Waals surface area (Å²) in [7, 11) is 5.31. The zero-order chi connectivity index (χ0) is 107. The van der Waals surface area contributed by atoms with Crippen molar-refractivity contribution in [2.45, 2.75) is 218 Å². The van der Waals surface area contributed by atoms with E-state index in [0.29, 0.717) is 179 Å². The normalized spacial score (nSPS) is 16.2. The van der Waals surface area contributed by atoms with Gasteiger partial charge >= 0.3 is 6.09 Å². The van der Waals surface area contributed by atoms with Gasteiger partial charge in [0.05, 0.1) is 56.0 Å². The number of phenols is 7. The maximum atomic E-state index is 12.7. The van der Waals surface area contributed by atoms with Crippen LogP contribution < -0.4 is 38.5 Å². The summed E-state index contributed by atoms with van der Waals surface area (Å²) in [5, 5.41) is 72.5. The highest BCUT2D eigenvalue weighted by atomic mass is 32.1. The standard InChI is InChI=1S/C19H27NO3.C18H21NO3.C17H25NO3.C16H21NO4.2C15H21NO4.C15H17NO3S/c1-13(2)20(4)19(22)16-9-6-5-8-15(16)12-23-18-11-7-10-17(21)14(18)3;1-13-16(20)8-5-9-17(13)22-12-14-6-4-7-15(14)18(21)19-10-2-3-11-19;1-12(2)17(20)18-10-5-4-7-14(18)11-21-16-9-6-8-15(19)13(16)3;1-3-17-16(19)13-7-8-20-9-12(13)10-21-15-6-4-5-14(18)11(15)2;1-3-19-15(18)16-9-5-6-12(16)10-20-14-8-4-7-13(17)11(14)2;1-3-15(18)16-7-8-19-9-12(16)10-20-14-6-4-5-13(17)11(14)2;1-10-12(17)5-4-6-13(10)19-9-11-7-8-20-14(11)15(18)16(2)3/h7,10-11,13,21H,5-6,8-9,12H2,1-4H3;4-6,8-9,20H,2-3,7,10-12H2,1H3;6,8-9,12,14,19H,4-5,7,10-11H2,1-3H3;4-6,18H,3,7-10H2,1-2H3,(H,17,19);4,7-8,12,17H,3,5-6,9-10H2,1-2H3;4-6,12,17H,3,7-10H2,1-2H3;4-8,17H,9H2,1-3H3. The Bertz CT molecular complexity index is 5820. The Morgan fingerprint density at radius 1 is 0.449 bits per heavy atom. The van der Waals surface area contributed by atoms with E-state index in [0.717, 1.165) is 146 Å². The number of thiophene rings is 1. The fourth-order valence-corrected chi connectivity index (χ4v) is 18.0. The number of phenolic OH excluding ortho intramolecular Hbond substituents is 7. The van der Waals surface area contributed by atoms with E-state index >= 15 is 0 Å². The number of piperidine rings is 1. The molecule has 4 saturated heterocycles. The Morgan fingerprint density at radius 2 is 0.891 bits per heavy atom. The molecule has 31 nitrogen and oxygen atoms in total. The van der Waals surface area contributed by atoms with Gasteiger partial charge in [-0.15, -0.1) is 11.3 Å². The molecular formula is C115H153N7O24S. The number of likely N-dealkylation sites (N-methyl/N-ethyl adjacent to an activating group) is 2. The van der Waals surface area contributed by atoms with Gasteiger partial charge in [0.2, 0.25) is 29.5 Å². The van der Waals surface area contributed by atoms with Crippen LogP contribution in [0.3, 0.4) is 0 Å². The van der Waals surface area contributed by atoms with E-state index in [4.69, 9.17) is 47.4 Å². The summed E-state index contributed by atoms with van der Waals surface area (Å²) in [5.41, 5.74) is 11.3. The molecule has 8 aromatic rings. The van der Waals surface area contributed by atoms with Gasteiger partial charge in [0, 0.05) is 152 Å². The number of carbonyl (C=O) groups excluding carboxylic acids is 7. The number of allylic oxidation sites excluding steroid dienone is 1. The summed E-state index contributed by atoms with van der Waals surface area (Å²) < 4.78 is 56.4. The summed E-state index contributed by atoms with van der Waals surface area (Å²) in [6.45, 7) is 35.7. The molecule has 2 aliphatic carbocycles. The molecule has 3 atom stereocenters. The number of nitrogens with one attached hydrogen (secondary N) is 1. The molecule has 7 aliphatic rings. The van der Waals surface area contributed by atoms with E-state index in [1.807, 2.05) is 145 Å². The number of hydrogen-bond acceptors (Lipinski definition) is 25. The van der Waals surface area contributed by atoms with Crippen LogP contribution in [-0.2, 0) is 44.8 Å². The van der Waals surface area contributed by atoms with E-state index in [2.05, 4.69) is 5.32 Å². The third kappa shape index (κ3) is 34.3. The van der Waals surface area contributed by atoms with Crippen molar-refractivity contribution >= 4 is 52.9 Å². The molecule has 147 heavy (non-hydrogen) atoms. The highest BCUT2D eigenvalue weighted by Crippen LogP contribution is 2.38. The first-order valence-corrected chi connectivity index (χ1v) is 51.9. The number of hydrogen-bond donors (Lipinski definition) is 8. The van der Waals surface area contributed by atoms with Crippen LogP contribution in [0, 0.1) is 54.4 Å². The van der Waals surface area contributed by atoms with Crippen molar-refractivity contribution in [3.63, 3.8) is 0 Å². The van der Waals surface area contributed by atoms with Gasteiger partial charge in [-0.3, -0.25) is 28.8 Å². The van der Waals surface area contributed by atoms with E-state index in [9.17, 15) is 69.3 Å². The molecule has 8 N–H and O–H groups in total. The molecule has 0 bridgehead atoms. The molecule has 0 spiro atoms. The van der Waals surface area contributed by atoms with Crippen LogP contribution in [0.4, 0.5) is 4.79 Å². The Hall–Kier alpha value is -13.6. The topological polar surface area (TPSA) is 385 Å². The van der Waals surface area contributed by atoms with Crippen molar-refractivity contribution in [3.05, 3.63) is 234 Å². The average Bonchev–Trinajstić information content (AvgIpc) is 1.72. The summed E-state index contributed by atoms with van der Waals surface area (Å²) in [4.78, 5) is 96.6. The quantitative estimate of drug-likeness (QED) is 0.0207. The van der Waals surface area contributed by atoms with Crippen LogP contribution in [0.15, 0.2) is 184 Å². The minimum Gasteiger partial charge on any atom is -0.508 e. The predicted molar refractivity (Wildman–Crippen MR) is 568 cm³/mol. The van der Waals surface area contributed by atoms with E-state index in [1.165, 1.54) is 11.3 Å². The summed E-state index contributed by atoms with van der Waals surface area (Å²) in [5.74, 6) is 6.62. The summed E-state index contributed by atoms with van der Waals surface area (Å²) in [6, 6.07) is 38.6. The number of benzene rings is 7. The molecule has 6 heterocycles. The van der Waals surface area contributed by atoms with Crippen LogP contribution in [0.25, 0.3) is 0 Å². The van der Waals surface area contributed by atoms with Crippen molar-refractivity contribution in [3.8, 4) is 80.5 Å². The lowest BCUT2D eigenvalue weighted by molar-refractivity contribution is -0.141. The minimum atomic E-state index is -0.272. The van der Waals surface area contributed by atoms with Crippen LogP contribution in [0.5, 0.6) is 80.5 Å². The van der Waals surface area contributed by atoms with Gasteiger partial charge in [-0.05, 0) is 261 Å². The summed E-state index contributed by atoms with van der Waals surface area (Å²) in [6.07, 6.45) is 16.6. The van der Waals surface area contributed by atoms with Gasteiger partial charge in [0.25, 0.3) is 5.91 Å². The zero-order valence-electron chi connectivity index (χ0n) is 88.6. The maximum absolute atomic E-state index is 12.7. The molecule has 5 aliphatic heterocycles. The molecule has 0 saturated carbocycles. The first kappa shape index (κ1) is 117. The molecule has 32 heteroatoms.